The van der Waals surface area contributed by atoms with Crippen LogP contribution in [0.25, 0.3) is 0 Å². The van der Waals surface area contributed by atoms with Gasteiger partial charge in [0, 0.05) is 16.9 Å². The highest BCUT2D eigenvalue weighted by Crippen LogP contribution is 2.29. The highest BCUT2D eigenvalue weighted by atomic mass is 32.2. The molecule has 0 unspecified atom stereocenters. The number of aliphatic carboxylic acids is 1. The lowest BCUT2D eigenvalue weighted by Gasteiger charge is -2.24. The quantitative estimate of drug-likeness (QED) is 0.506. The summed E-state index contributed by atoms with van der Waals surface area (Å²) in [6, 6.07) is 11.6. The topological polar surface area (TPSA) is 63.6 Å². The first kappa shape index (κ1) is 21.0. The Kier molecular flexibility index (Phi) is 6.71. The number of hydrogen-bond acceptors (Lipinski definition) is 4. The van der Waals surface area contributed by atoms with Crippen molar-refractivity contribution in [2.45, 2.75) is 51.0 Å². The van der Waals surface area contributed by atoms with E-state index >= 15 is 0 Å². The molecule has 0 saturated heterocycles. The van der Waals surface area contributed by atoms with E-state index in [0.29, 0.717) is 18.6 Å². The van der Waals surface area contributed by atoms with E-state index in [1.54, 1.807) is 11.8 Å². The Morgan fingerprint density at radius 2 is 1.63 bits per heavy atom. The van der Waals surface area contributed by atoms with Crippen LogP contribution in [0.2, 0.25) is 0 Å². The molecule has 2 rings (SSSR count). The van der Waals surface area contributed by atoms with Crippen LogP contribution in [-0.2, 0) is 11.2 Å². The third kappa shape index (κ3) is 5.36. The number of ether oxygens (including phenoxy) is 1. The monoisotopic (exact) mass is 386 g/mol. The van der Waals surface area contributed by atoms with Crippen molar-refractivity contribution in [1.82, 2.24) is 0 Å². The van der Waals surface area contributed by atoms with Gasteiger partial charge in [0.25, 0.3) is 0 Å². The molecule has 0 fully saturated rings. The van der Waals surface area contributed by atoms with Crippen LogP contribution in [0.15, 0.2) is 41.3 Å². The Bertz CT molecular complexity index is 815. The molecule has 144 valence electrons. The van der Waals surface area contributed by atoms with Gasteiger partial charge in [0.05, 0.1) is 0 Å². The van der Waals surface area contributed by atoms with Gasteiger partial charge in [0.2, 0.25) is 0 Å². The van der Waals surface area contributed by atoms with E-state index in [1.165, 1.54) is 13.8 Å². The third-order valence-electron chi connectivity index (χ3n) is 4.45. The van der Waals surface area contributed by atoms with Crippen molar-refractivity contribution < 1.29 is 19.4 Å². The summed E-state index contributed by atoms with van der Waals surface area (Å²) in [5.74, 6) is -0.307. The van der Waals surface area contributed by atoms with Crippen molar-refractivity contribution in [3.63, 3.8) is 0 Å². The number of ketones is 1. The largest absolute Gasteiger partial charge is 0.478 e. The number of carbonyl (C=O) groups is 2. The first-order valence-electron chi connectivity index (χ1n) is 8.84. The summed E-state index contributed by atoms with van der Waals surface area (Å²) in [7, 11) is 0. The fraction of sp³-hybridized carbons (Fsp3) is 0.364. The Labute approximate surface area is 164 Å². The molecule has 0 heterocycles. The Balaban J connectivity index is 2.09. The van der Waals surface area contributed by atoms with Gasteiger partial charge in [0.15, 0.2) is 11.4 Å². The van der Waals surface area contributed by atoms with E-state index in [4.69, 9.17) is 4.74 Å². The predicted molar refractivity (Wildman–Crippen MR) is 109 cm³/mol. The molecule has 4 nitrogen and oxygen atoms in total. The Hall–Kier alpha value is -2.27. The third-order valence-corrected chi connectivity index (χ3v) is 5.19. The van der Waals surface area contributed by atoms with Crippen molar-refractivity contribution in [3.05, 3.63) is 58.7 Å². The van der Waals surface area contributed by atoms with Crippen molar-refractivity contribution in [2.24, 2.45) is 0 Å². The number of Topliss-reactive ketones (excluding diaryl/α,β-unsaturated/α-hetero) is 1. The molecule has 0 radical (unpaired) electrons. The molecule has 27 heavy (non-hydrogen) atoms. The molecule has 2 aromatic rings. The fourth-order valence-corrected chi connectivity index (χ4v) is 3.23. The number of carboxylic acids is 1. The van der Waals surface area contributed by atoms with E-state index in [0.717, 1.165) is 27.1 Å². The molecule has 0 aliphatic rings. The summed E-state index contributed by atoms with van der Waals surface area (Å²) >= 11 is 1.65. The standard InChI is InChI=1S/C22H26O4S/c1-14-12-16(13-15(2)20(14)26-22(3,4)21(24)25)6-11-19(23)17-7-9-18(27-5)10-8-17/h7-10,12-13H,6,11H2,1-5H3,(H,24,25). The van der Waals surface area contributed by atoms with Crippen LogP contribution < -0.4 is 4.74 Å². The second kappa shape index (κ2) is 8.61. The summed E-state index contributed by atoms with van der Waals surface area (Å²) in [5.41, 5.74) is 2.21. The minimum absolute atomic E-state index is 0.116. The zero-order valence-electron chi connectivity index (χ0n) is 16.5. The summed E-state index contributed by atoms with van der Waals surface area (Å²) < 4.78 is 5.73. The molecule has 0 aromatic heterocycles. The lowest BCUT2D eigenvalue weighted by atomic mass is 9.98. The second-order valence-corrected chi connectivity index (χ2v) is 8.01. The highest BCUT2D eigenvalue weighted by molar-refractivity contribution is 7.98. The number of hydrogen-bond donors (Lipinski definition) is 1. The van der Waals surface area contributed by atoms with Gasteiger partial charge in [-0.1, -0.05) is 24.3 Å². The van der Waals surface area contributed by atoms with Crippen LogP contribution in [0.3, 0.4) is 0 Å². The predicted octanol–water partition coefficient (Wildman–Crippen LogP) is 5.08. The molecule has 0 atom stereocenters. The van der Waals surface area contributed by atoms with E-state index in [2.05, 4.69) is 0 Å². The lowest BCUT2D eigenvalue weighted by molar-refractivity contribution is -0.152. The van der Waals surface area contributed by atoms with E-state index in [1.807, 2.05) is 56.5 Å². The minimum Gasteiger partial charge on any atom is -0.478 e. The smallest absolute Gasteiger partial charge is 0.347 e. The second-order valence-electron chi connectivity index (χ2n) is 7.13. The van der Waals surface area contributed by atoms with Gasteiger partial charge >= 0.3 is 5.97 Å². The Morgan fingerprint density at radius 1 is 1.07 bits per heavy atom. The van der Waals surface area contributed by atoms with Crippen molar-refractivity contribution >= 4 is 23.5 Å². The fourth-order valence-electron chi connectivity index (χ4n) is 2.82. The molecule has 0 aliphatic carbocycles. The van der Waals surface area contributed by atoms with E-state index < -0.39 is 11.6 Å². The number of carbonyl (C=O) groups excluding carboxylic acids is 1. The molecule has 5 heteroatoms. The zero-order chi connectivity index (χ0) is 20.2. The highest BCUT2D eigenvalue weighted by Gasteiger charge is 2.30. The lowest BCUT2D eigenvalue weighted by Crippen LogP contribution is -2.38. The summed E-state index contributed by atoms with van der Waals surface area (Å²) in [5, 5.41) is 9.26. The number of aryl methyl sites for hydroxylation is 3. The Morgan fingerprint density at radius 3 is 2.11 bits per heavy atom. The van der Waals surface area contributed by atoms with E-state index in [-0.39, 0.29) is 5.78 Å². The molecule has 0 bridgehead atoms. The van der Waals surface area contributed by atoms with Gasteiger partial charge in [-0.05, 0) is 69.2 Å². The number of rotatable bonds is 8. The van der Waals surface area contributed by atoms with Crippen LogP contribution in [0.4, 0.5) is 0 Å². The molecule has 2 aromatic carbocycles. The van der Waals surface area contributed by atoms with Crippen LogP contribution in [0.1, 0.15) is 47.3 Å². The first-order chi connectivity index (χ1) is 12.6. The maximum absolute atomic E-state index is 12.4. The molecule has 0 aliphatic heterocycles. The molecular weight excluding hydrogens is 360 g/mol. The average molecular weight is 387 g/mol. The van der Waals surface area contributed by atoms with Crippen molar-refractivity contribution in [3.8, 4) is 5.75 Å². The zero-order valence-corrected chi connectivity index (χ0v) is 17.3. The van der Waals surface area contributed by atoms with Gasteiger partial charge in [-0.15, -0.1) is 11.8 Å². The minimum atomic E-state index is -1.30. The van der Waals surface area contributed by atoms with Gasteiger partial charge in [-0.25, -0.2) is 4.79 Å². The normalized spacial score (nSPS) is 11.3. The van der Waals surface area contributed by atoms with Crippen LogP contribution >= 0.6 is 11.8 Å². The average Bonchev–Trinajstić information content (AvgIpc) is 2.62. The summed E-state index contributed by atoms with van der Waals surface area (Å²) in [4.78, 5) is 24.9. The van der Waals surface area contributed by atoms with Crippen LogP contribution in [0, 0.1) is 13.8 Å². The van der Waals surface area contributed by atoms with Crippen molar-refractivity contribution in [1.29, 1.82) is 0 Å². The number of carboxylic acid groups (broad SMARTS) is 1. The molecular formula is C22H26O4S. The number of thioether (sulfide) groups is 1. The van der Waals surface area contributed by atoms with E-state index in [9.17, 15) is 14.7 Å². The molecule has 0 spiro atoms. The summed E-state index contributed by atoms with van der Waals surface area (Å²) in [6.07, 6.45) is 3.07. The SMILES string of the molecule is CSc1ccc(C(=O)CCc2cc(C)c(OC(C)(C)C(=O)O)c(C)c2)cc1. The van der Waals surface area contributed by atoms with Crippen LogP contribution in [-0.4, -0.2) is 28.7 Å². The number of benzene rings is 2. The molecule has 0 saturated carbocycles. The van der Waals surface area contributed by atoms with Gasteiger partial charge in [-0.2, -0.15) is 0 Å². The van der Waals surface area contributed by atoms with Gasteiger partial charge in [0.1, 0.15) is 5.75 Å². The van der Waals surface area contributed by atoms with Gasteiger partial charge in [-0.3, -0.25) is 4.79 Å². The summed E-state index contributed by atoms with van der Waals surface area (Å²) in [6.45, 7) is 6.85. The van der Waals surface area contributed by atoms with Gasteiger partial charge < -0.3 is 9.84 Å². The van der Waals surface area contributed by atoms with Crippen molar-refractivity contribution in [2.75, 3.05) is 6.26 Å². The maximum atomic E-state index is 12.4. The van der Waals surface area contributed by atoms with Crippen LogP contribution in [0.5, 0.6) is 5.75 Å². The maximum Gasteiger partial charge on any atom is 0.347 e. The molecule has 0 amide bonds. The molecule has 1 N–H and O–H groups in total. The first-order valence-corrected chi connectivity index (χ1v) is 10.1.